The van der Waals surface area contributed by atoms with Crippen LogP contribution in [0, 0.1) is 17.8 Å². The van der Waals surface area contributed by atoms with E-state index in [9.17, 15) is 19.2 Å². The molecule has 1 saturated heterocycles. The number of nitrogens with one attached hydrogen (secondary N) is 3. The van der Waals surface area contributed by atoms with Crippen molar-refractivity contribution in [2.45, 2.75) is 112 Å². The van der Waals surface area contributed by atoms with E-state index >= 15 is 0 Å². The van der Waals surface area contributed by atoms with Gasteiger partial charge in [0.2, 0.25) is 17.7 Å². The van der Waals surface area contributed by atoms with Crippen molar-refractivity contribution in [1.82, 2.24) is 21.0 Å². The van der Waals surface area contributed by atoms with Crippen LogP contribution in [0.3, 0.4) is 0 Å². The minimum absolute atomic E-state index is 0.0127. The molecule has 1 aromatic rings. The van der Waals surface area contributed by atoms with Gasteiger partial charge in [0, 0.05) is 41.5 Å². The second-order valence-electron chi connectivity index (χ2n) is 11.6. The van der Waals surface area contributed by atoms with Gasteiger partial charge in [-0.3, -0.25) is 24.4 Å². The Morgan fingerprint density at radius 3 is 1.84 bits per heavy atom. The van der Waals surface area contributed by atoms with Gasteiger partial charge in [0.25, 0.3) is 5.91 Å². The van der Waals surface area contributed by atoms with Crippen molar-refractivity contribution in [2.24, 2.45) is 17.8 Å². The molecule has 0 aromatic heterocycles. The van der Waals surface area contributed by atoms with E-state index in [-0.39, 0.29) is 30.8 Å². The molecule has 9 nitrogen and oxygen atoms in total. The Bertz CT molecular complexity index is 926. The molecule has 0 bridgehead atoms. The quantitative estimate of drug-likeness (QED) is 0.186. The Kier molecular flexibility index (Phi) is 22.6. The van der Waals surface area contributed by atoms with Crippen molar-refractivity contribution in [3.05, 3.63) is 34.3 Å². The first-order valence-electron chi connectivity index (χ1n) is 16.0. The van der Waals surface area contributed by atoms with E-state index in [1.54, 1.807) is 24.0 Å². The van der Waals surface area contributed by atoms with Crippen molar-refractivity contribution in [3.8, 4) is 0 Å². The number of carbonyl (C=O) groups excluding carboxylic acids is 4. The molecule has 1 heterocycles. The lowest BCUT2D eigenvalue weighted by Crippen LogP contribution is -2.49. The SMILES string of the molecule is CC1CCC(C)C1.CCC.CCC.CCC(CC(=O)NO)C(=O)NCC(=O)N1CCC(NC(=O)c2ccc(Br)cc2)CC1. The summed E-state index contributed by atoms with van der Waals surface area (Å²) in [6.45, 7) is 15.8. The maximum absolute atomic E-state index is 12.4. The van der Waals surface area contributed by atoms with Crippen molar-refractivity contribution in [2.75, 3.05) is 19.6 Å². The third-order valence-electron chi connectivity index (χ3n) is 7.08. The van der Waals surface area contributed by atoms with Crippen molar-refractivity contribution >= 4 is 39.6 Å². The monoisotopic (exact) mass is 668 g/mol. The highest BCUT2D eigenvalue weighted by molar-refractivity contribution is 9.10. The van der Waals surface area contributed by atoms with Gasteiger partial charge in [0.05, 0.1) is 6.54 Å². The first kappa shape index (κ1) is 40.5. The molecule has 2 fully saturated rings. The molecule has 3 rings (SSSR count). The predicted molar refractivity (Wildman–Crippen MR) is 177 cm³/mol. The van der Waals surface area contributed by atoms with Crippen LogP contribution in [0.5, 0.6) is 0 Å². The van der Waals surface area contributed by atoms with Crippen LogP contribution < -0.4 is 16.1 Å². The third-order valence-corrected chi connectivity index (χ3v) is 7.61. The van der Waals surface area contributed by atoms with E-state index in [0.29, 0.717) is 37.9 Å². The normalized spacial score (nSPS) is 18.3. The van der Waals surface area contributed by atoms with Gasteiger partial charge in [-0.2, -0.15) is 0 Å². The molecule has 0 radical (unpaired) electrons. The number of hydrogen-bond donors (Lipinski definition) is 4. The molecule has 10 heteroatoms. The van der Waals surface area contributed by atoms with Gasteiger partial charge < -0.3 is 15.5 Å². The van der Waals surface area contributed by atoms with Gasteiger partial charge in [0.1, 0.15) is 0 Å². The average Bonchev–Trinajstić information content (AvgIpc) is 3.38. The fourth-order valence-electron chi connectivity index (χ4n) is 4.75. The van der Waals surface area contributed by atoms with Gasteiger partial charge in [0.15, 0.2) is 0 Å². The minimum atomic E-state index is -0.643. The summed E-state index contributed by atoms with van der Waals surface area (Å²) < 4.78 is 0.903. The van der Waals surface area contributed by atoms with Crippen LogP contribution in [-0.2, 0) is 14.4 Å². The third kappa shape index (κ3) is 18.1. The number of halogens is 1. The largest absolute Gasteiger partial charge is 0.349 e. The molecular weight excluding hydrogens is 612 g/mol. The van der Waals surface area contributed by atoms with Crippen LogP contribution in [-0.4, -0.2) is 59.4 Å². The molecule has 43 heavy (non-hydrogen) atoms. The highest BCUT2D eigenvalue weighted by Gasteiger charge is 2.26. The van der Waals surface area contributed by atoms with E-state index in [2.05, 4.69) is 68.1 Å². The summed E-state index contributed by atoms with van der Waals surface area (Å²) >= 11 is 3.34. The second kappa shape index (κ2) is 23.9. The average molecular weight is 670 g/mol. The lowest BCUT2D eigenvalue weighted by Gasteiger charge is -2.32. The summed E-state index contributed by atoms with van der Waals surface area (Å²) in [5.74, 6) is 0.0516. The van der Waals surface area contributed by atoms with Gasteiger partial charge in [-0.25, -0.2) is 5.48 Å². The Labute approximate surface area is 268 Å². The van der Waals surface area contributed by atoms with E-state index in [0.717, 1.165) is 16.3 Å². The number of nitrogens with zero attached hydrogens (tertiary/aromatic N) is 1. The molecule has 1 aromatic carbocycles. The predicted octanol–water partition coefficient (Wildman–Crippen LogP) is 6.48. The van der Waals surface area contributed by atoms with E-state index in [1.807, 2.05) is 12.1 Å². The Morgan fingerprint density at radius 2 is 1.42 bits per heavy atom. The maximum Gasteiger partial charge on any atom is 0.251 e. The topological polar surface area (TPSA) is 128 Å². The number of carbonyl (C=O) groups is 4. The van der Waals surface area contributed by atoms with Crippen LogP contribution in [0.15, 0.2) is 28.7 Å². The number of hydrogen-bond acceptors (Lipinski definition) is 5. The maximum atomic E-state index is 12.4. The smallest absolute Gasteiger partial charge is 0.251 e. The van der Waals surface area contributed by atoms with E-state index in [1.165, 1.54) is 37.6 Å². The number of amides is 4. The standard InChI is InChI=1S/C20H27BrN4O5.C7H14.2C3H8/c1-2-13(11-17(26)24-30)19(28)22-12-18(27)25-9-7-16(8-10-25)23-20(29)14-3-5-15(21)6-4-14;1-6-3-4-7(2)5-6;2*1-3-2/h3-6,13,16,30H,2,7-12H2,1H3,(H,22,28)(H,23,29)(H,24,26);6-7H,3-5H2,1-2H3;2*3H2,1-2H3. The molecule has 4 N–H and O–H groups in total. The fourth-order valence-corrected chi connectivity index (χ4v) is 5.01. The number of hydroxylamine groups is 1. The minimum Gasteiger partial charge on any atom is -0.349 e. The molecule has 1 aliphatic carbocycles. The molecule has 1 saturated carbocycles. The van der Waals surface area contributed by atoms with Crippen LogP contribution in [0.4, 0.5) is 0 Å². The molecule has 4 amide bonds. The number of rotatable bonds is 8. The molecule has 0 spiro atoms. The van der Waals surface area contributed by atoms with Crippen LogP contribution >= 0.6 is 15.9 Å². The summed E-state index contributed by atoms with van der Waals surface area (Å²) in [5, 5.41) is 14.1. The Balaban J connectivity index is 0.00000113. The number of piperidine rings is 1. The molecule has 3 atom stereocenters. The molecule has 1 aliphatic heterocycles. The zero-order valence-corrected chi connectivity index (χ0v) is 29.1. The van der Waals surface area contributed by atoms with Gasteiger partial charge in [-0.1, -0.05) is 90.1 Å². The lowest BCUT2D eigenvalue weighted by molar-refractivity contribution is -0.137. The van der Waals surface area contributed by atoms with E-state index < -0.39 is 17.7 Å². The molecule has 2 aliphatic rings. The highest BCUT2D eigenvalue weighted by Crippen LogP contribution is 2.29. The molecule has 246 valence electrons. The molecule has 3 unspecified atom stereocenters. The summed E-state index contributed by atoms with van der Waals surface area (Å²) in [6.07, 6.45) is 8.46. The van der Waals surface area contributed by atoms with Gasteiger partial charge in [-0.05, 0) is 61.8 Å². The first-order chi connectivity index (χ1) is 20.4. The highest BCUT2D eigenvalue weighted by atomic mass is 79.9. The van der Waals surface area contributed by atoms with Crippen LogP contribution in [0.2, 0.25) is 0 Å². The zero-order valence-electron chi connectivity index (χ0n) is 27.5. The Morgan fingerprint density at radius 1 is 0.907 bits per heavy atom. The van der Waals surface area contributed by atoms with E-state index in [4.69, 9.17) is 5.21 Å². The van der Waals surface area contributed by atoms with Crippen LogP contribution in [0.1, 0.15) is 117 Å². The van der Waals surface area contributed by atoms with Crippen molar-refractivity contribution in [1.29, 1.82) is 0 Å². The summed E-state index contributed by atoms with van der Waals surface area (Å²) in [7, 11) is 0. The van der Waals surface area contributed by atoms with Crippen molar-refractivity contribution < 1.29 is 24.4 Å². The summed E-state index contributed by atoms with van der Waals surface area (Å²) in [4.78, 5) is 49.7. The second-order valence-corrected chi connectivity index (χ2v) is 12.6. The zero-order chi connectivity index (χ0) is 32.8. The Hall–Kier alpha value is -2.46. The summed E-state index contributed by atoms with van der Waals surface area (Å²) in [5.41, 5.74) is 2.09. The van der Waals surface area contributed by atoms with Gasteiger partial charge in [-0.15, -0.1) is 0 Å². The van der Waals surface area contributed by atoms with Crippen molar-refractivity contribution in [3.63, 3.8) is 0 Å². The summed E-state index contributed by atoms with van der Waals surface area (Å²) in [6, 6.07) is 7.10. The molecular formula is C33H57BrN4O5. The fraction of sp³-hybridized carbons (Fsp3) is 0.697. The first-order valence-corrected chi connectivity index (χ1v) is 16.8. The van der Waals surface area contributed by atoms with Gasteiger partial charge >= 0.3 is 0 Å². The number of benzene rings is 1. The van der Waals surface area contributed by atoms with Crippen LogP contribution in [0.25, 0.3) is 0 Å². The lowest BCUT2D eigenvalue weighted by atomic mass is 10.0. The number of likely N-dealkylation sites (tertiary alicyclic amines) is 1.